The van der Waals surface area contributed by atoms with Crippen molar-refractivity contribution in [2.75, 3.05) is 54.0 Å². The number of fused-ring (bicyclic) bond motifs is 3. The Morgan fingerprint density at radius 2 is 0.617 bits per heavy atom. The van der Waals surface area contributed by atoms with Crippen LogP contribution >= 0.6 is 81.2 Å². The lowest BCUT2D eigenvalue weighted by Gasteiger charge is -2.45. The zero-order chi connectivity index (χ0) is 104. The third-order valence-corrected chi connectivity index (χ3v) is 27.1. The van der Waals surface area contributed by atoms with Crippen molar-refractivity contribution in [1.82, 2.24) is 58.3 Å². The van der Waals surface area contributed by atoms with Crippen LogP contribution in [-0.2, 0) is 14.4 Å². The highest BCUT2D eigenvalue weighted by Crippen LogP contribution is 2.50. The largest absolute Gasteiger partial charge is 0.504 e. The van der Waals surface area contributed by atoms with Gasteiger partial charge in [-0.3, -0.25) is 57.4 Å². The van der Waals surface area contributed by atoms with Crippen LogP contribution in [0.3, 0.4) is 0 Å². The minimum absolute atomic E-state index is 0.0873. The average molecular weight is 2070 g/mol. The molecule has 0 bridgehead atoms. The first-order valence-corrected chi connectivity index (χ1v) is 46.3. The number of hydrogen-bond acceptors (Lipinski definition) is 21. The van der Waals surface area contributed by atoms with Crippen LogP contribution in [0, 0.1) is 101 Å². The Morgan fingerprint density at radius 1 is 0.383 bits per heavy atom. The summed E-state index contributed by atoms with van der Waals surface area (Å²) in [5, 5.41) is 57.8. The number of piperazine rings is 3. The number of aromatic hydroxyl groups is 3. The molecular weight excluding hydrogens is 1990 g/mol. The Balaban J connectivity index is 0.000000178. The zero-order valence-corrected chi connectivity index (χ0v) is 83.3. The number of aromatic nitrogens is 9. The molecule has 0 saturated carbocycles. The maximum absolute atomic E-state index is 15.6. The van der Waals surface area contributed by atoms with E-state index in [0.29, 0.717) is 39.5 Å². The molecule has 0 aliphatic carbocycles. The Morgan fingerprint density at radius 3 is 0.844 bits per heavy atom. The van der Waals surface area contributed by atoms with Crippen LogP contribution in [-0.4, -0.2) is 167 Å². The van der Waals surface area contributed by atoms with Crippen LogP contribution < -0.4 is 31.4 Å². The first-order valence-electron chi connectivity index (χ1n) is 43.7. The van der Waals surface area contributed by atoms with Crippen LogP contribution in [0.5, 0.6) is 17.2 Å². The predicted octanol–water partition coefficient (Wildman–Crippen LogP) is 20.9. The molecule has 3 fully saturated rings. The van der Waals surface area contributed by atoms with Crippen molar-refractivity contribution in [1.29, 1.82) is 15.8 Å². The van der Waals surface area contributed by atoms with Crippen LogP contribution in [0.15, 0.2) is 107 Å². The van der Waals surface area contributed by atoms with Gasteiger partial charge in [0.15, 0.2) is 63.8 Å². The molecule has 42 heteroatoms. The number of anilines is 3. The molecule has 15 rings (SSSR count). The van der Waals surface area contributed by atoms with Gasteiger partial charge in [0, 0.05) is 110 Å². The molecule has 0 unspecified atom stereocenters. The molecule has 3 N–H and O–H groups in total. The van der Waals surface area contributed by atoms with Gasteiger partial charge in [-0.2, -0.15) is 15.8 Å². The second kappa shape index (κ2) is 41.0. The fourth-order valence-corrected chi connectivity index (χ4v) is 20.1. The molecule has 0 spiro atoms. The van der Waals surface area contributed by atoms with Crippen molar-refractivity contribution in [2.45, 2.75) is 158 Å². The van der Waals surface area contributed by atoms with E-state index in [1.54, 1.807) is 87.0 Å². The fourth-order valence-electron chi connectivity index (χ4n) is 18.7. The zero-order valence-electron chi connectivity index (χ0n) is 78.0. The van der Waals surface area contributed by atoms with Crippen LogP contribution in [0.2, 0.25) is 35.2 Å². The van der Waals surface area contributed by atoms with E-state index in [1.165, 1.54) is 41.0 Å². The summed E-state index contributed by atoms with van der Waals surface area (Å²) in [7, 11) is 0. The number of pyridine rings is 9. The number of carbonyl (C=O) groups is 3. The number of benzene rings is 3. The van der Waals surface area contributed by atoms with Crippen molar-refractivity contribution in [3.63, 3.8) is 0 Å². The van der Waals surface area contributed by atoms with Gasteiger partial charge < -0.3 is 44.7 Å². The number of phenols is 3. The van der Waals surface area contributed by atoms with Crippen molar-refractivity contribution in [3.05, 3.63) is 256 Å². The first-order chi connectivity index (χ1) is 66.5. The van der Waals surface area contributed by atoms with Crippen molar-refractivity contribution < 1.29 is 64.8 Å². The van der Waals surface area contributed by atoms with Gasteiger partial charge >= 0.3 is 0 Å². The van der Waals surface area contributed by atoms with E-state index in [2.05, 4.69) is 55.7 Å². The quantitative estimate of drug-likeness (QED) is 0.0371. The lowest BCUT2D eigenvalue weighted by molar-refractivity contribution is -0.131. The van der Waals surface area contributed by atoms with E-state index < -0.39 is 134 Å². The molecule has 3 amide bonds. The number of rotatable bonds is 15. The molecule has 27 nitrogen and oxygen atoms in total. The monoisotopic (exact) mass is 2070 g/mol. The van der Waals surface area contributed by atoms with E-state index >= 15 is 26.3 Å². The summed E-state index contributed by atoms with van der Waals surface area (Å²) in [5.74, 6) is -18.2. The molecule has 3 aromatic carbocycles. The predicted molar refractivity (Wildman–Crippen MR) is 527 cm³/mol. The van der Waals surface area contributed by atoms with Gasteiger partial charge in [0.25, 0.3) is 16.7 Å². The molecule has 3 aliphatic rings. The summed E-state index contributed by atoms with van der Waals surface area (Å²) in [4.78, 5) is 119. The third kappa shape index (κ3) is 18.2. The molecule has 9 aromatic heterocycles. The van der Waals surface area contributed by atoms with Crippen molar-refractivity contribution in [2.24, 2.45) is 0 Å². The lowest BCUT2D eigenvalue weighted by atomic mass is 10.0. The summed E-state index contributed by atoms with van der Waals surface area (Å²) < 4.78 is 125. The number of nitrogens with zero attached hydrogens (tertiary/aromatic N) is 18. The second-order valence-corrected chi connectivity index (χ2v) is 37.9. The van der Waals surface area contributed by atoms with E-state index in [0.717, 1.165) is 9.13 Å². The summed E-state index contributed by atoms with van der Waals surface area (Å²) in [5.41, 5.74) is -3.72. The maximum Gasteiger partial charge on any atom is 0.276 e. The van der Waals surface area contributed by atoms with Crippen molar-refractivity contribution in [3.8, 4) is 86.3 Å². The van der Waals surface area contributed by atoms with Gasteiger partial charge in [-0.15, -0.1) is 0 Å². The number of aryl methyl sites for hydroxylation is 3. The van der Waals surface area contributed by atoms with E-state index in [9.17, 15) is 68.7 Å². The Labute approximate surface area is 836 Å². The number of carbonyl (C=O) groups excluding carboxylic acids is 3. The lowest BCUT2D eigenvalue weighted by Crippen LogP contribution is -2.58. The SMILES string of the molecule is C=CC(=O)N1[C@H](C)CN(c2c(C#N)c(=O)n(-c3c(C)ccnc3C(C)C)c3nc(-c4c(F)c(O)c(Cl)c(Cl)c4F)c(Cl)cc23)C[C@@H]1C.C=CC(=O)N1[C@H](C)CN(c2c(C#N)c(=O)n(-c3c(C)ccnc3C(C)C)c3nc(-c4c(F)c(O)c(Cl)c(F)c4F)c(Cl)cc23)C[C@@H]1C.C=CC(=O)N1[C@H](C)CN(c2c(C#N)c(=O)n(-c3c(C)ccnc3C(C)C)c3nc(-c4c(F)c(O)c(Cl)c(F)c4F)c(Cl)cc23)C[C@@H]1C. The Kier molecular flexibility index (Phi) is 30.5. The molecule has 732 valence electrons. The highest BCUT2D eigenvalue weighted by Gasteiger charge is 2.43. The molecule has 12 aromatic rings. The van der Waals surface area contributed by atoms with E-state index in [1.807, 2.05) is 95.2 Å². The van der Waals surface area contributed by atoms with Crippen molar-refractivity contribution >= 4 is 149 Å². The standard InChI is InChI=1S/C33H29Cl3F2N6O3.2C33H29Cl2F3N6O3/c1-7-21(45)43-16(5)12-42(13-17(43)6)30-18-10-20(34)28(22-25(37)23(35)24(36)31(46)26(22)38)41-32(18)44(33(47)19(30)11-39)29-15(4)8-9-40-27(29)14(2)3;2*1-7-21(45)43-16(5)12-42(13-17(43)6)30-18-10-20(34)28(22-24(36)26(38)23(35)31(46)25(22)37)41-32(18)44(33(47)19(30)11-39)29-15(4)8-9-40-27(29)14(2)3/h3*7-10,14,16-17,46H,1,12-13H2,2-6H3/t3*16-,17+. The molecule has 6 atom stereocenters. The average Bonchev–Trinajstić information content (AvgIpc) is 0.725. The first kappa shape index (κ1) is 105. The summed E-state index contributed by atoms with van der Waals surface area (Å²) in [6.07, 6.45) is 8.37. The molecule has 0 radical (unpaired) electrons. The van der Waals surface area contributed by atoms with Gasteiger partial charge in [-0.05, 0) is 151 Å². The number of hydrogen-bond donors (Lipinski definition) is 3. The van der Waals surface area contributed by atoms with Crippen LogP contribution in [0.4, 0.5) is 52.2 Å². The number of amides is 3. The van der Waals surface area contributed by atoms with E-state index in [4.69, 9.17) is 81.2 Å². The second-order valence-electron chi connectivity index (χ2n) is 35.1. The van der Waals surface area contributed by atoms with Crippen LogP contribution in [0.25, 0.3) is 83.9 Å². The van der Waals surface area contributed by atoms with Gasteiger partial charge in [0.05, 0.1) is 105 Å². The molecule has 3 saturated heterocycles. The number of nitriles is 3. The summed E-state index contributed by atoms with van der Waals surface area (Å²) >= 11 is 43.0. The Bertz CT molecular complexity index is 6870. The van der Waals surface area contributed by atoms with Crippen LogP contribution in [0.1, 0.15) is 151 Å². The van der Waals surface area contributed by atoms with Gasteiger partial charge in [-0.25, -0.2) is 50.1 Å². The number of phenolic OH excluding ortho intramolecular Hbond substituents is 3. The van der Waals surface area contributed by atoms with Gasteiger partial charge in [0.1, 0.15) is 66.9 Å². The molecule has 141 heavy (non-hydrogen) atoms. The Hall–Kier alpha value is -13.4. The molecular formula is C99H87Cl7F8N18O9. The van der Waals surface area contributed by atoms with E-state index in [-0.39, 0.29) is 204 Å². The maximum atomic E-state index is 15.6. The summed E-state index contributed by atoms with van der Waals surface area (Å²) in [6, 6.07) is 12.8. The minimum atomic E-state index is -1.76. The number of halogens is 15. The van der Waals surface area contributed by atoms with Gasteiger partial charge in [-0.1, -0.05) is 142 Å². The fraction of sp³-hybridized carbons (Fsp3) is 0.303. The third-order valence-electron chi connectivity index (χ3n) is 24.8. The smallest absolute Gasteiger partial charge is 0.276 e. The highest BCUT2D eigenvalue weighted by molar-refractivity contribution is 6.43. The minimum Gasteiger partial charge on any atom is -0.504 e. The van der Waals surface area contributed by atoms with Gasteiger partial charge in [0.2, 0.25) is 17.7 Å². The normalized spacial score (nSPS) is 16.6. The summed E-state index contributed by atoms with van der Waals surface area (Å²) in [6.45, 7) is 39.3. The molecule has 12 heterocycles. The highest BCUT2D eigenvalue weighted by atomic mass is 35.5. The molecule has 3 aliphatic heterocycles. The topological polar surface area (TPSA) is 346 Å².